The van der Waals surface area contributed by atoms with Gasteiger partial charge in [0.15, 0.2) is 17.5 Å². The fourth-order valence-corrected chi connectivity index (χ4v) is 4.91. The van der Waals surface area contributed by atoms with Crippen LogP contribution in [0.4, 0.5) is 0 Å². The van der Waals surface area contributed by atoms with Crippen molar-refractivity contribution in [2.45, 2.75) is 0 Å². The van der Waals surface area contributed by atoms with Gasteiger partial charge < -0.3 is 0 Å². The van der Waals surface area contributed by atoms with Crippen LogP contribution in [0.5, 0.6) is 0 Å². The number of hydrogen-bond donors (Lipinski definition) is 0. The van der Waals surface area contributed by atoms with Crippen LogP contribution in [0.25, 0.3) is 56.4 Å². The maximum atomic E-state index is 6.34. The molecule has 1 heterocycles. The summed E-state index contributed by atoms with van der Waals surface area (Å²) in [6.45, 7) is 0. The van der Waals surface area contributed by atoms with E-state index >= 15 is 0 Å². The zero-order chi connectivity index (χ0) is 25.9. The molecule has 0 aliphatic heterocycles. The van der Waals surface area contributed by atoms with E-state index < -0.39 is 0 Å². The molecule has 0 fully saturated rings. The van der Waals surface area contributed by atoms with Gasteiger partial charge in [-0.2, -0.15) is 0 Å². The molecule has 0 bridgehead atoms. The third kappa shape index (κ3) is 5.21. The first-order valence-corrected chi connectivity index (χ1v) is 12.9. The van der Waals surface area contributed by atoms with E-state index in [2.05, 4.69) is 48.5 Å². The van der Waals surface area contributed by atoms with E-state index in [1.54, 1.807) is 6.07 Å². The first-order chi connectivity index (χ1) is 18.6. The first-order valence-electron chi connectivity index (χ1n) is 12.2. The second-order valence-electron chi connectivity index (χ2n) is 8.86. The highest BCUT2D eigenvalue weighted by Gasteiger charge is 2.14. The third-order valence-corrected chi connectivity index (χ3v) is 6.65. The van der Waals surface area contributed by atoms with Gasteiger partial charge in [0.2, 0.25) is 0 Å². The summed E-state index contributed by atoms with van der Waals surface area (Å²) in [4.78, 5) is 14.6. The summed E-state index contributed by atoms with van der Waals surface area (Å²) in [6.07, 6.45) is 0. The van der Waals surface area contributed by atoms with Crippen LogP contribution in [-0.4, -0.2) is 15.0 Å². The van der Waals surface area contributed by atoms with Gasteiger partial charge in [-0.05, 0) is 52.6 Å². The lowest BCUT2D eigenvalue weighted by atomic mass is 10.0. The highest BCUT2D eigenvalue weighted by Crippen LogP contribution is 2.31. The van der Waals surface area contributed by atoms with Gasteiger partial charge in [-0.3, -0.25) is 0 Å². The Morgan fingerprint density at radius 2 is 0.684 bits per heavy atom. The highest BCUT2D eigenvalue weighted by molar-refractivity contribution is 6.35. The van der Waals surface area contributed by atoms with Crippen LogP contribution in [0, 0.1) is 0 Å². The lowest BCUT2D eigenvalue weighted by molar-refractivity contribution is 1.07. The zero-order valence-electron chi connectivity index (χ0n) is 20.2. The van der Waals surface area contributed by atoms with Crippen LogP contribution in [0.15, 0.2) is 127 Å². The molecular weight excluding hydrogens is 509 g/mol. The first kappa shape index (κ1) is 24.1. The summed E-state index contributed by atoms with van der Waals surface area (Å²) < 4.78 is 0. The van der Waals surface area contributed by atoms with Gasteiger partial charge in [-0.1, -0.05) is 120 Å². The fourth-order valence-electron chi connectivity index (χ4n) is 4.38. The minimum atomic E-state index is 0.504. The van der Waals surface area contributed by atoms with Crippen LogP contribution in [0.1, 0.15) is 0 Å². The molecule has 0 aliphatic carbocycles. The molecule has 5 aromatic carbocycles. The normalized spacial score (nSPS) is 10.9. The van der Waals surface area contributed by atoms with Crippen LogP contribution in [-0.2, 0) is 0 Å². The largest absolute Gasteiger partial charge is 0.208 e. The maximum absolute atomic E-state index is 6.34. The fraction of sp³-hybridized carbons (Fsp3) is 0. The Morgan fingerprint density at radius 3 is 1.13 bits per heavy atom. The van der Waals surface area contributed by atoms with Gasteiger partial charge in [0.1, 0.15) is 0 Å². The number of nitrogens with zero attached hydrogens (tertiary/aromatic N) is 3. The Labute approximate surface area is 231 Å². The van der Waals surface area contributed by atoms with Crippen LogP contribution in [0.2, 0.25) is 10.0 Å². The minimum absolute atomic E-state index is 0.504. The molecule has 1 aromatic heterocycles. The van der Waals surface area contributed by atoms with Crippen LogP contribution < -0.4 is 0 Å². The van der Waals surface area contributed by atoms with Crippen LogP contribution >= 0.6 is 23.2 Å². The van der Waals surface area contributed by atoms with E-state index in [1.165, 1.54) is 0 Å². The number of benzene rings is 5. The Kier molecular flexibility index (Phi) is 6.70. The Balaban J connectivity index is 1.52. The van der Waals surface area contributed by atoms with Crippen molar-refractivity contribution in [3.05, 3.63) is 137 Å². The molecule has 6 aromatic rings. The molecule has 182 valence electrons. The summed E-state index contributed by atoms with van der Waals surface area (Å²) in [6, 6.07) is 42.3. The summed E-state index contributed by atoms with van der Waals surface area (Å²) in [7, 11) is 0. The van der Waals surface area contributed by atoms with E-state index in [9.17, 15) is 0 Å². The number of aromatic nitrogens is 3. The van der Waals surface area contributed by atoms with E-state index in [-0.39, 0.29) is 0 Å². The lowest BCUT2D eigenvalue weighted by Gasteiger charge is -2.11. The molecule has 0 saturated carbocycles. The second-order valence-corrected chi connectivity index (χ2v) is 9.73. The Bertz CT molecular complexity index is 1610. The van der Waals surface area contributed by atoms with Gasteiger partial charge in [0.05, 0.1) is 0 Å². The van der Waals surface area contributed by atoms with E-state index in [0.717, 1.165) is 38.9 Å². The summed E-state index contributed by atoms with van der Waals surface area (Å²) in [5.74, 6) is 1.65. The molecule has 0 unspecified atom stereocenters. The number of rotatable bonds is 5. The highest BCUT2D eigenvalue weighted by atomic mass is 35.5. The van der Waals surface area contributed by atoms with Crippen LogP contribution in [0.3, 0.4) is 0 Å². The predicted octanol–water partition coefficient (Wildman–Crippen LogP) is 9.51. The molecule has 0 spiro atoms. The van der Waals surface area contributed by atoms with E-state index in [0.29, 0.717) is 27.5 Å². The van der Waals surface area contributed by atoms with Gasteiger partial charge in [-0.25, -0.2) is 15.0 Å². The van der Waals surface area contributed by atoms with Gasteiger partial charge in [-0.15, -0.1) is 0 Å². The smallest absolute Gasteiger partial charge is 0.164 e. The third-order valence-electron chi connectivity index (χ3n) is 6.21. The SMILES string of the molecule is Clc1cc(Cl)cc(-c2nc(-c3cccc(-c4ccccc4)c3)nc(-c3cccc(-c4ccccc4)c3)n2)c1. The monoisotopic (exact) mass is 529 g/mol. The molecule has 0 atom stereocenters. The van der Waals surface area contributed by atoms with Gasteiger partial charge in [0, 0.05) is 26.7 Å². The predicted molar refractivity (Wildman–Crippen MR) is 157 cm³/mol. The average Bonchev–Trinajstić information content (AvgIpc) is 2.97. The molecule has 0 saturated heterocycles. The Hall–Kier alpha value is -4.31. The quantitative estimate of drug-likeness (QED) is 0.223. The van der Waals surface area contributed by atoms with Crippen molar-refractivity contribution in [3.8, 4) is 56.4 Å². The van der Waals surface area contributed by atoms with Gasteiger partial charge in [0.25, 0.3) is 0 Å². The van der Waals surface area contributed by atoms with Crippen molar-refractivity contribution in [2.75, 3.05) is 0 Å². The summed E-state index contributed by atoms with van der Waals surface area (Å²) in [5, 5.41) is 1.04. The summed E-state index contributed by atoms with van der Waals surface area (Å²) in [5.41, 5.74) is 6.94. The minimum Gasteiger partial charge on any atom is -0.208 e. The maximum Gasteiger partial charge on any atom is 0.164 e. The Morgan fingerprint density at radius 1 is 0.316 bits per heavy atom. The molecule has 5 heteroatoms. The molecule has 0 radical (unpaired) electrons. The van der Waals surface area contributed by atoms with Crippen molar-refractivity contribution in [1.82, 2.24) is 15.0 Å². The van der Waals surface area contributed by atoms with Gasteiger partial charge >= 0.3 is 0 Å². The standard InChI is InChI=1S/C33H21Cl2N3/c34-29-19-28(20-30(35)21-29)33-37-31(26-15-7-13-24(17-26)22-9-3-1-4-10-22)36-32(38-33)27-16-8-14-25(18-27)23-11-5-2-6-12-23/h1-21H. The van der Waals surface area contributed by atoms with Crippen molar-refractivity contribution in [3.63, 3.8) is 0 Å². The van der Waals surface area contributed by atoms with Crippen molar-refractivity contribution in [1.29, 1.82) is 0 Å². The molecule has 0 aliphatic rings. The van der Waals surface area contributed by atoms with Crippen molar-refractivity contribution < 1.29 is 0 Å². The molecular formula is C33H21Cl2N3. The topological polar surface area (TPSA) is 38.7 Å². The molecule has 0 amide bonds. The van der Waals surface area contributed by atoms with E-state index in [1.807, 2.05) is 72.8 Å². The molecule has 0 N–H and O–H groups in total. The molecule has 3 nitrogen and oxygen atoms in total. The molecule has 6 rings (SSSR count). The number of hydrogen-bond acceptors (Lipinski definition) is 3. The number of halogens is 2. The average molecular weight is 530 g/mol. The second kappa shape index (κ2) is 10.6. The zero-order valence-corrected chi connectivity index (χ0v) is 21.7. The van der Waals surface area contributed by atoms with Crippen molar-refractivity contribution >= 4 is 23.2 Å². The van der Waals surface area contributed by atoms with Crippen molar-refractivity contribution in [2.24, 2.45) is 0 Å². The molecule has 38 heavy (non-hydrogen) atoms. The summed E-state index contributed by atoms with van der Waals surface area (Å²) >= 11 is 12.7. The lowest BCUT2D eigenvalue weighted by Crippen LogP contribution is -2.00. The van der Waals surface area contributed by atoms with E-state index in [4.69, 9.17) is 38.2 Å².